The van der Waals surface area contributed by atoms with Crippen molar-refractivity contribution in [3.63, 3.8) is 0 Å². The van der Waals surface area contributed by atoms with Gasteiger partial charge in [0, 0.05) is 6.61 Å². The third-order valence-corrected chi connectivity index (χ3v) is 4.08. The van der Waals surface area contributed by atoms with Crippen LogP contribution in [0.1, 0.15) is 69.9 Å². The van der Waals surface area contributed by atoms with Gasteiger partial charge < -0.3 is 5.11 Å². The lowest BCUT2D eigenvalue weighted by molar-refractivity contribution is 0.230. The van der Waals surface area contributed by atoms with E-state index >= 15 is 0 Å². The molecule has 1 N–H and O–H groups in total. The van der Waals surface area contributed by atoms with E-state index in [-0.39, 0.29) is 12.4 Å². The number of benzene rings is 1. The lowest BCUT2D eigenvalue weighted by Gasteiger charge is -2.08. The van der Waals surface area contributed by atoms with Crippen molar-refractivity contribution in [2.75, 3.05) is 6.61 Å². The molecule has 122 valence electrons. The summed E-state index contributed by atoms with van der Waals surface area (Å²) in [5.41, 5.74) is 2.87. The van der Waals surface area contributed by atoms with Crippen molar-refractivity contribution in [3.8, 4) is 0 Å². The molecule has 1 atom stereocenters. The van der Waals surface area contributed by atoms with E-state index in [1.165, 1.54) is 56.1 Å². The van der Waals surface area contributed by atoms with Gasteiger partial charge in [-0.05, 0) is 42.7 Å². The highest BCUT2D eigenvalue weighted by atomic mass is 35.5. The summed E-state index contributed by atoms with van der Waals surface area (Å²) in [6.45, 7) is 4.67. The topological polar surface area (TPSA) is 20.2 Å². The highest BCUT2D eigenvalue weighted by Crippen LogP contribution is 2.13. The summed E-state index contributed by atoms with van der Waals surface area (Å²) in [6, 6.07) is 9.09. The molecule has 0 radical (unpaired) electrons. The Labute approximate surface area is 137 Å². The number of hydrogen-bond donors (Lipinski definition) is 1. The molecule has 1 aromatic carbocycles. The van der Waals surface area contributed by atoms with Gasteiger partial charge in [0.25, 0.3) is 0 Å². The van der Waals surface area contributed by atoms with Gasteiger partial charge in [-0.2, -0.15) is 0 Å². The maximum Gasteiger partial charge on any atom is 0.0456 e. The number of aliphatic hydroxyl groups is 1. The average Bonchev–Trinajstić information content (AvgIpc) is 2.49. The maximum atomic E-state index is 9.03. The van der Waals surface area contributed by atoms with Crippen LogP contribution in [0.25, 0.3) is 0 Å². The van der Waals surface area contributed by atoms with E-state index in [1.54, 1.807) is 0 Å². The van der Waals surface area contributed by atoms with Gasteiger partial charge >= 0.3 is 0 Å². The fourth-order valence-corrected chi connectivity index (χ4v) is 2.49. The maximum absolute atomic E-state index is 9.03. The van der Waals surface area contributed by atoms with Crippen molar-refractivity contribution in [1.29, 1.82) is 0 Å². The molecule has 2 heteroatoms. The number of aliphatic hydroxyl groups excluding tert-OH is 1. The summed E-state index contributed by atoms with van der Waals surface area (Å²) in [5.74, 6) is 0.415. The van der Waals surface area contributed by atoms with Crippen LogP contribution < -0.4 is 0 Å². The van der Waals surface area contributed by atoms with Crippen LogP contribution in [-0.4, -0.2) is 11.7 Å². The Balaban J connectivity index is 0.00000400. The number of rotatable bonds is 11. The SMILES string of the molecule is CCCCCCCCc1ccc(CCC(C)CO)cc1.Cl. The van der Waals surface area contributed by atoms with Gasteiger partial charge in [-0.3, -0.25) is 0 Å². The van der Waals surface area contributed by atoms with Crippen LogP contribution in [0.3, 0.4) is 0 Å². The molecule has 0 saturated heterocycles. The molecule has 0 amide bonds. The summed E-state index contributed by atoms with van der Waals surface area (Å²) in [6.07, 6.45) is 11.6. The van der Waals surface area contributed by atoms with Crippen molar-refractivity contribution in [2.24, 2.45) is 5.92 Å². The van der Waals surface area contributed by atoms with Gasteiger partial charge in [0.15, 0.2) is 0 Å². The van der Waals surface area contributed by atoms with Crippen LogP contribution in [0, 0.1) is 5.92 Å². The smallest absolute Gasteiger partial charge is 0.0456 e. The largest absolute Gasteiger partial charge is 0.396 e. The molecule has 0 aromatic heterocycles. The Kier molecular flexibility index (Phi) is 12.8. The van der Waals surface area contributed by atoms with E-state index in [1.807, 2.05) is 0 Å². The molecular formula is C19H33ClO. The van der Waals surface area contributed by atoms with E-state index in [0.29, 0.717) is 12.5 Å². The van der Waals surface area contributed by atoms with Crippen LogP contribution in [0.5, 0.6) is 0 Å². The van der Waals surface area contributed by atoms with Crippen molar-refractivity contribution in [3.05, 3.63) is 35.4 Å². The van der Waals surface area contributed by atoms with Crippen LogP contribution in [0.2, 0.25) is 0 Å². The van der Waals surface area contributed by atoms with Gasteiger partial charge in [-0.1, -0.05) is 70.2 Å². The summed E-state index contributed by atoms with van der Waals surface area (Å²) in [5, 5.41) is 9.03. The summed E-state index contributed by atoms with van der Waals surface area (Å²) < 4.78 is 0. The molecule has 1 aromatic rings. The molecule has 0 spiro atoms. The van der Waals surface area contributed by atoms with Crippen LogP contribution in [0.15, 0.2) is 24.3 Å². The normalized spacial score (nSPS) is 12.0. The molecule has 0 aliphatic carbocycles. The molecule has 0 aliphatic heterocycles. The lowest BCUT2D eigenvalue weighted by atomic mass is 9.99. The minimum Gasteiger partial charge on any atom is -0.396 e. The standard InChI is InChI=1S/C19H32O.ClH/c1-3-4-5-6-7-8-9-18-12-14-19(15-13-18)11-10-17(2)16-20;/h12-15,17,20H,3-11,16H2,1-2H3;1H. The number of halogens is 1. The Hall–Kier alpha value is -0.530. The van der Waals surface area contributed by atoms with E-state index < -0.39 is 0 Å². The third kappa shape index (κ3) is 9.92. The van der Waals surface area contributed by atoms with Gasteiger partial charge in [0.2, 0.25) is 0 Å². The molecule has 1 rings (SSSR count). The van der Waals surface area contributed by atoms with E-state index in [0.717, 1.165) is 12.8 Å². The van der Waals surface area contributed by atoms with Gasteiger partial charge in [0.05, 0.1) is 0 Å². The zero-order valence-corrected chi connectivity index (χ0v) is 14.6. The number of hydrogen-bond acceptors (Lipinski definition) is 1. The Morgan fingerprint density at radius 2 is 1.38 bits per heavy atom. The number of unbranched alkanes of at least 4 members (excludes halogenated alkanes) is 5. The van der Waals surface area contributed by atoms with Gasteiger partial charge in [-0.25, -0.2) is 0 Å². The molecule has 21 heavy (non-hydrogen) atoms. The predicted octanol–water partition coefficient (Wildman–Crippen LogP) is 5.57. The highest BCUT2D eigenvalue weighted by Gasteiger charge is 2.01. The minimum absolute atomic E-state index is 0. The third-order valence-electron chi connectivity index (χ3n) is 4.08. The average molecular weight is 313 g/mol. The van der Waals surface area contributed by atoms with E-state index in [2.05, 4.69) is 38.1 Å². The Morgan fingerprint density at radius 1 is 0.857 bits per heavy atom. The molecule has 0 aliphatic rings. The van der Waals surface area contributed by atoms with Gasteiger partial charge in [0.1, 0.15) is 0 Å². The molecule has 1 unspecified atom stereocenters. The first-order valence-electron chi connectivity index (χ1n) is 8.45. The molecule has 0 saturated carbocycles. The zero-order valence-electron chi connectivity index (χ0n) is 13.8. The molecule has 1 nitrogen and oxygen atoms in total. The Bertz CT molecular complexity index is 334. The molecule has 0 fully saturated rings. The quantitative estimate of drug-likeness (QED) is 0.529. The van der Waals surface area contributed by atoms with Crippen molar-refractivity contribution in [2.45, 2.75) is 71.6 Å². The molecule has 0 bridgehead atoms. The number of aryl methyl sites for hydroxylation is 2. The van der Waals surface area contributed by atoms with E-state index in [4.69, 9.17) is 5.11 Å². The summed E-state index contributed by atoms with van der Waals surface area (Å²) >= 11 is 0. The second kappa shape index (κ2) is 13.2. The van der Waals surface area contributed by atoms with Crippen molar-refractivity contribution < 1.29 is 5.11 Å². The second-order valence-electron chi connectivity index (χ2n) is 6.16. The monoisotopic (exact) mass is 312 g/mol. The van der Waals surface area contributed by atoms with Crippen LogP contribution >= 0.6 is 12.4 Å². The second-order valence-corrected chi connectivity index (χ2v) is 6.16. The fourth-order valence-electron chi connectivity index (χ4n) is 2.49. The van der Waals surface area contributed by atoms with Crippen LogP contribution in [0.4, 0.5) is 0 Å². The predicted molar refractivity (Wildman–Crippen MR) is 95.3 cm³/mol. The molecule has 0 heterocycles. The van der Waals surface area contributed by atoms with Gasteiger partial charge in [-0.15, -0.1) is 12.4 Å². The minimum atomic E-state index is 0. The Morgan fingerprint density at radius 3 is 1.95 bits per heavy atom. The van der Waals surface area contributed by atoms with Crippen LogP contribution in [-0.2, 0) is 12.8 Å². The summed E-state index contributed by atoms with van der Waals surface area (Å²) in [7, 11) is 0. The highest BCUT2D eigenvalue weighted by molar-refractivity contribution is 5.85. The van der Waals surface area contributed by atoms with Crippen molar-refractivity contribution >= 4 is 12.4 Å². The lowest BCUT2D eigenvalue weighted by Crippen LogP contribution is -2.02. The molecular weight excluding hydrogens is 280 g/mol. The summed E-state index contributed by atoms with van der Waals surface area (Å²) in [4.78, 5) is 0. The zero-order chi connectivity index (χ0) is 14.6. The fraction of sp³-hybridized carbons (Fsp3) is 0.684. The first-order chi connectivity index (χ1) is 9.76. The van der Waals surface area contributed by atoms with Crippen molar-refractivity contribution in [1.82, 2.24) is 0 Å². The first kappa shape index (κ1) is 20.5. The van der Waals surface area contributed by atoms with E-state index in [9.17, 15) is 0 Å². The first-order valence-corrected chi connectivity index (χ1v) is 8.45.